The molecular weight excluding hydrogens is 208 g/mol. The Labute approximate surface area is 92.6 Å². The Morgan fingerprint density at radius 1 is 1.75 bits per heavy atom. The summed E-state index contributed by atoms with van der Waals surface area (Å²) in [6, 6.07) is 2.10. The lowest BCUT2D eigenvalue weighted by molar-refractivity contribution is 0.0341. The number of nitriles is 1. The molecule has 1 aromatic rings. The third kappa shape index (κ3) is 1.90. The molecule has 1 aliphatic rings. The Kier molecular flexibility index (Phi) is 2.88. The first kappa shape index (κ1) is 10.6. The number of aromatic nitrogens is 2. The standard InChI is InChI=1S/C10H12N4O2/c11-3-7-1-2-16-6-9(7)14-5-8(4-13-14)10(12)15/h4-5,7,9H,1-2,6H2,(H2,12,15)/t7-,9+/m0/s1. The topological polar surface area (TPSA) is 93.9 Å². The van der Waals surface area contributed by atoms with Gasteiger partial charge in [0.1, 0.15) is 0 Å². The maximum atomic E-state index is 10.9. The first-order valence-corrected chi connectivity index (χ1v) is 5.03. The zero-order valence-corrected chi connectivity index (χ0v) is 8.67. The third-order valence-corrected chi connectivity index (χ3v) is 2.72. The zero-order chi connectivity index (χ0) is 11.5. The first-order valence-electron chi connectivity index (χ1n) is 5.03. The second kappa shape index (κ2) is 4.33. The summed E-state index contributed by atoms with van der Waals surface area (Å²) in [5, 5.41) is 13.0. The monoisotopic (exact) mass is 220 g/mol. The lowest BCUT2D eigenvalue weighted by Gasteiger charge is -2.26. The van der Waals surface area contributed by atoms with Crippen LogP contribution in [0.25, 0.3) is 0 Å². The zero-order valence-electron chi connectivity index (χ0n) is 8.67. The number of carbonyl (C=O) groups is 1. The molecule has 6 nitrogen and oxygen atoms in total. The van der Waals surface area contributed by atoms with Gasteiger partial charge in [-0.05, 0) is 6.42 Å². The molecule has 0 aliphatic carbocycles. The van der Waals surface area contributed by atoms with Gasteiger partial charge in [0.2, 0.25) is 0 Å². The van der Waals surface area contributed by atoms with Gasteiger partial charge in [-0.1, -0.05) is 0 Å². The number of carbonyl (C=O) groups excluding carboxylic acids is 1. The summed E-state index contributed by atoms with van der Waals surface area (Å²) >= 11 is 0. The maximum absolute atomic E-state index is 10.9. The van der Waals surface area contributed by atoms with Crippen molar-refractivity contribution >= 4 is 5.91 Å². The molecule has 0 spiro atoms. The van der Waals surface area contributed by atoms with E-state index < -0.39 is 5.91 Å². The lowest BCUT2D eigenvalue weighted by atomic mass is 9.97. The van der Waals surface area contributed by atoms with Gasteiger partial charge < -0.3 is 10.5 Å². The summed E-state index contributed by atoms with van der Waals surface area (Å²) in [6.45, 7) is 1.04. The fourth-order valence-electron chi connectivity index (χ4n) is 1.78. The highest BCUT2D eigenvalue weighted by molar-refractivity contribution is 5.92. The third-order valence-electron chi connectivity index (χ3n) is 2.72. The van der Waals surface area contributed by atoms with Crippen LogP contribution >= 0.6 is 0 Å². The molecule has 1 aliphatic heterocycles. The number of ether oxygens (including phenoxy) is 1. The SMILES string of the molecule is N#C[C@@H]1CCOC[C@H]1n1cc(C(N)=O)cn1. The molecule has 2 heterocycles. The summed E-state index contributed by atoms with van der Waals surface area (Å²) in [5.74, 6) is -0.647. The number of nitrogens with two attached hydrogens (primary N) is 1. The van der Waals surface area contributed by atoms with Crippen molar-refractivity contribution in [1.29, 1.82) is 5.26 Å². The van der Waals surface area contributed by atoms with Crippen molar-refractivity contribution in [2.45, 2.75) is 12.5 Å². The van der Waals surface area contributed by atoms with E-state index in [2.05, 4.69) is 11.2 Å². The van der Waals surface area contributed by atoms with E-state index in [1.54, 1.807) is 10.9 Å². The van der Waals surface area contributed by atoms with Gasteiger partial charge in [-0.15, -0.1) is 0 Å². The maximum Gasteiger partial charge on any atom is 0.251 e. The molecule has 6 heteroatoms. The van der Waals surface area contributed by atoms with E-state index in [9.17, 15) is 4.79 Å². The molecule has 16 heavy (non-hydrogen) atoms. The van der Waals surface area contributed by atoms with E-state index in [0.29, 0.717) is 25.2 Å². The van der Waals surface area contributed by atoms with Crippen LogP contribution in [0, 0.1) is 17.2 Å². The molecule has 1 amide bonds. The van der Waals surface area contributed by atoms with Gasteiger partial charge in [0.25, 0.3) is 5.91 Å². The van der Waals surface area contributed by atoms with Crippen molar-refractivity contribution in [3.63, 3.8) is 0 Å². The highest BCUT2D eigenvalue weighted by Gasteiger charge is 2.28. The van der Waals surface area contributed by atoms with E-state index in [4.69, 9.17) is 15.7 Å². The van der Waals surface area contributed by atoms with Gasteiger partial charge in [-0.3, -0.25) is 9.48 Å². The molecule has 2 atom stereocenters. The predicted octanol–water partition coefficient (Wildman–Crippen LogP) is 0.0832. The quantitative estimate of drug-likeness (QED) is 0.763. The van der Waals surface area contributed by atoms with Crippen LogP contribution in [0.5, 0.6) is 0 Å². The molecule has 1 fully saturated rings. The second-order valence-corrected chi connectivity index (χ2v) is 3.74. The van der Waals surface area contributed by atoms with Crippen molar-refractivity contribution in [3.05, 3.63) is 18.0 Å². The summed E-state index contributed by atoms with van der Waals surface area (Å²) in [4.78, 5) is 10.9. The smallest absolute Gasteiger partial charge is 0.251 e. The molecule has 0 bridgehead atoms. The van der Waals surface area contributed by atoms with Crippen LogP contribution in [0.4, 0.5) is 0 Å². The number of hydrogen-bond acceptors (Lipinski definition) is 4. The van der Waals surface area contributed by atoms with Gasteiger partial charge in [0.15, 0.2) is 0 Å². The van der Waals surface area contributed by atoms with Gasteiger partial charge >= 0.3 is 0 Å². The number of rotatable bonds is 2. The Balaban J connectivity index is 2.21. The number of amides is 1. The van der Waals surface area contributed by atoms with Gasteiger partial charge in [-0.25, -0.2) is 0 Å². The minimum Gasteiger partial charge on any atom is -0.379 e. The molecule has 0 saturated carbocycles. The van der Waals surface area contributed by atoms with E-state index in [0.717, 1.165) is 0 Å². The van der Waals surface area contributed by atoms with Crippen molar-refractivity contribution in [2.75, 3.05) is 13.2 Å². The second-order valence-electron chi connectivity index (χ2n) is 3.74. The van der Waals surface area contributed by atoms with E-state index in [1.807, 2.05) is 0 Å². The minimum atomic E-state index is -0.517. The minimum absolute atomic E-state index is 0.130. The van der Waals surface area contributed by atoms with Gasteiger partial charge in [0.05, 0.1) is 36.4 Å². The van der Waals surface area contributed by atoms with Crippen LogP contribution in [0.15, 0.2) is 12.4 Å². The summed E-state index contributed by atoms with van der Waals surface area (Å²) in [6.07, 6.45) is 3.66. The largest absolute Gasteiger partial charge is 0.379 e. The average Bonchev–Trinajstić information content (AvgIpc) is 2.78. The van der Waals surface area contributed by atoms with E-state index in [-0.39, 0.29) is 12.0 Å². The van der Waals surface area contributed by atoms with Crippen LogP contribution in [-0.2, 0) is 4.74 Å². The van der Waals surface area contributed by atoms with Gasteiger partial charge in [-0.2, -0.15) is 10.4 Å². The summed E-state index contributed by atoms with van der Waals surface area (Å²) in [5.41, 5.74) is 5.48. The molecule has 2 N–H and O–H groups in total. The van der Waals surface area contributed by atoms with E-state index in [1.165, 1.54) is 6.20 Å². The van der Waals surface area contributed by atoms with Gasteiger partial charge in [0, 0.05) is 12.8 Å². The van der Waals surface area contributed by atoms with Crippen LogP contribution < -0.4 is 5.73 Å². The van der Waals surface area contributed by atoms with Crippen LogP contribution in [0.3, 0.4) is 0 Å². The molecular formula is C10H12N4O2. The molecule has 0 aromatic carbocycles. The molecule has 2 rings (SSSR count). The first-order chi connectivity index (χ1) is 7.72. The van der Waals surface area contributed by atoms with E-state index >= 15 is 0 Å². The molecule has 84 valence electrons. The highest BCUT2D eigenvalue weighted by atomic mass is 16.5. The van der Waals surface area contributed by atoms with Crippen molar-refractivity contribution in [3.8, 4) is 6.07 Å². The lowest BCUT2D eigenvalue weighted by Crippen LogP contribution is -2.29. The molecule has 0 unspecified atom stereocenters. The summed E-state index contributed by atoms with van der Waals surface area (Å²) < 4.78 is 6.90. The Hall–Kier alpha value is -1.87. The molecule has 0 radical (unpaired) electrons. The van der Waals surface area contributed by atoms with Crippen LogP contribution in [0.1, 0.15) is 22.8 Å². The van der Waals surface area contributed by atoms with Crippen molar-refractivity contribution in [1.82, 2.24) is 9.78 Å². The normalized spacial score (nSPS) is 24.9. The fraction of sp³-hybridized carbons (Fsp3) is 0.500. The average molecular weight is 220 g/mol. The Morgan fingerprint density at radius 3 is 3.19 bits per heavy atom. The van der Waals surface area contributed by atoms with Crippen molar-refractivity contribution in [2.24, 2.45) is 11.7 Å². The number of primary amides is 1. The Morgan fingerprint density at radius 2 is 2.56 bits per heavy atom. The van der Waals surface area contributed by atoms with Crippen LogP contribution in [0.2, 0.25) is 0 Å². The van der Waals surface area contributed by atoms with Crippen molar-refractivity contribution < 1.29 is 9.53 Å². The predicted molar refractivity (Wildman–Crippen MR) is 54.3 cm³/mol. The fourth-order valence-corrected chi connectivity index (χ4v) is 1.78. The number of nitrogens with zero attached hydrogens (tertiary/aromatic N) is 3. The Bertz CT molecular complexity index is 434. The summed E-state index contributed by atoms with van der Waals surface area (Å²) in [7, 11) is 0. The molecule has 1 saturated heterocycles. The number of hydrogen-bond donors (Lipinski definition) is 1. The van der Waals surface area contributed by atoms with Crippen LogP contribution in [-0.4, -0.2) is 28.9 Å². The highest BCUT2D eigenvalue weighted by Crippen LogP contribution is 2.25. The molecule has 1 aromatic heterocycles.